The van der Waals surface area contributed by atoms with E-state index in [2.05, 4.69) is 5.32 Å². The van der Waals surface area contributed by atoms with E-state index in [4.69, 9.17) is 9.84 Å². The molecule has 0 bridgehead atoms. The molecule has 0 radical (unpaired) electrons. The lowest BCUT2D eigenvalue weighted by molar-refractivity contribution is 0.0624. The number of aliphatic hydroxyl groups excluding tert-OH is 2. The Hall–Kier alpha value is -0.160. The maximum atomic E-state index is 9.22. The minimum Gasteiger partial charge on any atom is -0.396 e. The number of hydrogen-bond donors (Lipinski definition) is 3. The maximum Gasteiger partial charge on any atom is 0.0897 e. The minimum absolute atomic E-state index is 0.175. The van der Waals surface area contributed by atoms with Gasteiger partial charge in [0.25, 0.3) is 0 Å². The van der Waals surface area contributed by atoms with Crippen LogP contribution in [0, 0.1) is 0 Å². The van der Waals surface area contributed by atoms with Crippen molar-refractivity contribution in [1.82, 2.24) is 5.32 Å². The predicted octanol–water partition coefficient (Wildman–Crippen LogP) is -0.646. The van der Waals surface area contributed by atoms with E-state index in [0.29, 0.717) is 19.6 Å². The van der Waals surface area contributed by atoms with E-state index in [1.807, 2.05) is 6.92 Å². The summed E-state index contributed by atoms with van der Waals surface area (Å²) in [4.78, 5) is 0. The van der Waals surface area contributed by atoms with Gasteiger partial charge in [-0.25, -0.2) is 0 Å². The van der Waals surface area contributed by atoms with Gasteiger partial charge in [-0.1, -0.05) is 0 Å². The summed E-state index contributed by atoms with van der Waals surface area (Å²) in [5.41, 5.74) is 0. The van der Waals surface area contributed by atoms with E-state index in [1.165, 1.54) is 0 Å². The molecule has 0 amide bonds. The number of hydrogen-bond acceptors (Lipinski definition) is 4. The fourth-order valence-corrected chi connectivity index (χ4v) is 0.884. The molecule has 0 saturated heterocycles. The molecule has 0 spiro atoms. The van der Waals surface area contributed by atoms with Crippen molar-refractivity contribution in [2.75, 3.05) is 26.9 Å². The third-order valence-corrected chi connectivity index (χ3v) is 1.62. The number of nitrogens with one attached hydrogen (secondary N) is 1. The average Bonchev–Trinajstić information content (AvgIpc) is 2.02. The van der Waals surface area contributed by atoms with Gasteiger partial charge in [-0.3, -0.25) is 0 Å². The molecule has 4 nitrogen and oxygen atoms in total. The van der Waals surface area contributed by atoms with Gasteiger partial charge in [0.05, 0.1) is 12.7 Å². The molecule has 0 rings (SSSR count). The molecule has 2 atom stereocenters. The molecule has 0 saturated carbocycles. The van der Waals surface area contributed by atoms with Crippen LogP contribution in [0.25, 0.3) is 0 Å². The van der Waals surface area contributed by atoms with Gasteiger partial charge in [-0.2, -0.15) is 0 Å². The van der Waals surface area contributed by atoms with E-state index in [0.717, 1.165) is 0 Å². The summed E-state index contributed by atoms with van der Waals surface area (Å²) in [5.74, 6) is 0. The highest BCUT2D eigenvalue weighted by atomic mass is 16.5. The molecule has 0 aliphatic carbocycles. The van der Waals surface area contributed by atoms with Crippen molar-refractivity contribution >= 4 is 0 Å². The van der Waals surface area contributed by atoms with E-state index >= 15 is 0 Å². The first-order valence-corrected chi connectivity index (χ1v) is 4.22. The molecule has 0 heterocycles. The van der Waals surface area contributed by atoms with Gasteiger partial charge in [-0.05, 0) is 13.3 Å². The molecule has 0 aromatic heterocycles. The van der Waals surface area contributed by atoms with Crippen LogP contribution in [0.4, 0.5) is 0 Å². The second-order valence-electron chi connectivity index (χ2n) is 2.93. The summed E-state index contributed by atoms with van der Waals surface area (Å²) >= 11 is 0. The first-order valence-electron chi connectivity index (χ1n) is 4.22. The maximum absolute atomic E-state index is 9.22. The molecule has 3 N–H and O–H groups in total. The van der Waals surface area contributed by atoms with E-state index in [1.54, 1.807) is 7.11 Å². The lowest BCUT2D eigenvalue weighted by atomic mass is 10.2. The summed E-state index contributed by atoms with van der Waals surface area (Å²) < 4.78 is 4.76. The SMILES string of the molecule is COCC(O)CNC(C)CCO. The van der Waals surface area contributed by atoms with Crippen LogP contribution in [-0.2, 0) is 4.74 Å². The van der Waals surface area contributed by atoms with Gasteiger partial charge in [0.15, 0.2) is 0 Å². The summed E-state index contributed by atoms with van der Waals surface area (Å²) in [7, 11) is 1.56. The Kier molecular flexibility index (Phi) is 7.39. The standard InChI is InChI=1S/C8H19NO3/c1-7(3-4-10)9-5-8(11)6-12-2/h7-11H,3-6H2,1-2H3. The highest BCUT2D eigenvalue weighted by molar-refractivity contribution is 4.64. The van der Waals surface area contributed by atoms with E-state index < -0.39 is 6.10 Å². The second-order valence-corrected chi connectivity index (χ2v) is 2.93. The first-order chi connectivity index (χ1) is 5.70. The Labute approximate surface area is 73.5 Å². The predicted molar refractivity (Wildman–Crippen MR) is 47.1 cm³/mol. The Morgan fingerprint density at radius 3 is 2.67 bits per heavy atom. The van der Waals surface area contributed by atoms with Crippen LogP contribution in [0.3, 0.4) is 0 Å². The number of ether oxygens (including phenoxy) is 1. The Morgan fingerprint density at radius 2 is 2.17 bits per heavy atom. The molecule has 12 heavy (non-hydrogen) atoms. The topological polar surface area (TPSA) is 61.7 Å². The highest BCUT2D eigenvalue weighted by Crippen LogP contribution is 1.89. The van der Waals surface area contributed by atoms with Crippen LogP contribution in [0.5, 0.6) is 0 Å². The van der Waals surface area contributed by atoms with Crippen LogP contribution >= 0.6 is 0 Å². The lowest BCUT2D eigenvalue weighted by Gasteiger charge is -2.15. The Balaban J connectivity index is 3.27. The van der Waals surface area contributed by atoms with Gasteiger partial charge >= 0.3 is 0 Å². The first kappa shape index (κ1) is 11.8. The van der Waals surface area contributed by atoms with Crippen molar-refractivity contribution in [2.24, 2.45) is 0 Å². The summed E-state index contributed by atoms with van der Waals surface area (Å²) in [6.45, 7) is 3.00. The van der Waals surface area contributed by atoms with E-state index in [-0.39, 0.29) is 12.6 Å². The fraction of sp³-hybridized carbons (Fsp3) is 1.00. The van der Waals surface area contributed by atoms with Crippen molar-refractivity contribution in [3.05, 3.63) is 0 Å². The number of rotatable bonds is 7. The molecular weight excluding hydrogens is 158 g/mol. The van der Waals surface area contributed by atoms with Gasteiger partial charge in [0.1, 0.15) is 0 Å². The van der Waals surface area contributed by atoms with E-state index in [9.17, 15) is 5.11 Å². The Morgan fingerprint density at radius 1 is 1.50 bits per heavy atom. The monoisotopic (exact) mass is 177 g/mol. The Bertz CT molecular complexity index is 88.3. The second kappa shape index (κ2) is 7.49. The summed E-state index contributed by atoms with van der Waals surface area (Å²) in [6, 6.07) is 0.238. The normalized spacial score (nSPS) is 16.0. The number of methoxy groups -OCH3 is 1. The molecule has 2 unspecified atom stereocenters. The van der Waals surface area contributed by atoms with Gasteiger partial charge in [0, 0.05) is 26.3 Å². The zero-order valence-corrected chi connectivity index (χ0v) is 7.79. The largest absolute Gasteiger partial charge is 0.396 e. The molecule has 0 aromatic carbocycles. The molecule has 0 aliphatic heterocycles. The van der Waals surface area contributed by atoms with Crippen LogP contribution in [-0.4, -0.2) is 49.2 Å². The van der Waals surface area contributed by atoms with Gasteiger partial charge in [-0.15, -0.1) is 0 Å². The van der Waals surface area contributed by atoms with Gasteiger partial charge < -0.3 is 20.3 Å². The fourth-order valence-electron chi connectivity index (χ4n) is 0.884. The molecule has 0 aliphatic rings. The van der Waals surface area contributed by atoms with Crippen LogP contribution < -0.4 is 5.32 Å². The van der Waals surface area contributed by atoms with Crippen LogP contribution in [0.2, 0.25) is 0 Å². The lowest BCUT2D eigenvalue weighted by Crippen LogP contribution is -2.36. The summed E-state index contributed by atoms with van der Waals surface area (Å²) in [6.07, 6.45) is 0.246. The molecule has 0 aromatic rings. The van der Waals surface area contributed by atoms with Crippen molar-refractivity contribution in [3.63, 3.8) is 0 Å². The van der Waals surface area contributed by atoms with Crippen molar-refractivity contribution in [2.45, 2.75) is 25.5 Å². The molecule has 0 fully saturated rings. The van der Waals surface area contributed by atoms with Crippen LogP contribution in [0.1, 0.15) is 13.3 Å². The molecular formula is C8H19NO3. The quantitative estimate of drug-likeness (QED) is 0.484. The zero-order valence-electron chi connectivity index (χ0n) is 7.79. The average molecular weight is 177 g/mol. The van der Waals surface area contributed by atoms with Crippen LogP contribution in [0.15, 0.2) is 0 Å². The smallest absolute Gasteiger partial charge is 0.0897 e. The highest BCUT2D eigenvalue weighted by Gasteiger charge is 2.05. The van der Waals surface area contributed by atoms with Crippen molar-refractivity contribution in [1.29, 1.82) is 0 Å². The van der Waals surface area contributed by atoms with Gasteiger partial charge in [0.2, 0.25) is 0 Å². The number of aliphatic hydroxyl groups is 2. The zero-order chi connectivity index (χ0) is 9.40. The minimum atomic E-state index is -0.462. The third-order valence-electron chi connectivity index (χ3n) is 1.62. The van der Waals surface area contributed by atoms with Crippen molar-refractivity contribution in [3.8, 4) is 0 Å². The molecule has 4 heteroatoms. The third kappa shape index (κ3) is 6.54. The molecule has 74 valence electrons. The summed E-state index contributed by atoms with van der Waals surface area (Å²) in [5, 5.41) is 20.9. The van der Waals surface area contributed by atoms with Crippen molar-refractivity contribution < 1.29 is 14.9 Å².